The number of hydrogen-bond donors (Lipinski definition) is 2. The van der Waals surface area contributed by atoms with Gasteiger partial charge in [0.2, 0.25) is 0 Å². The van der Waals surface area contributed by atoms with Gasteiger partial charge in [0.15, 0.2) is 6.71 Å². The van der Waals surface area contributed by atoms with E-state index in [0.717, 1.165) is 37.7 Å². The monoisotopic (exact) mass is 789 g/mol. The van der Waals surface area contributed by atoms with Gasteiger partial charge in [0.05, 0.1) is 12.2 Å². The number of piperidine rings is 2. The molecule has 4 aliphatic carbocycles. The smallest absolute Gasteiger partial charge is 0.191 e. The molecule has 10 aliphatic rings. The Labute approximate surface area is 355 Å². The van der Waals surface area contributed by atoms with E-state index in [1.165, 1.54) is 85.3 Å². The van der Waals surface area contributed by atoms with Crippen molar-refractivity contribution >= 4 is 29.3 Å². The molecule has 302 valence electrons. The molecule has 12 unspecified atom stereocenters. The van der Waals surface area contributed by atoms with E-state index in [1.807, 2.05) is 24.0 Å². The lowest BCUT2D eigenvalue weighted by molar-refractivity contribution is 0.0739. The van der Waals surface area contributed by atoms with Gasteiger partial charge in [-0.15, -0.1) is 0 Å². The first-order valence-electron chi connectivity index (χ1n) is 23.8. The largest absolute Gasteiger partial charge is 0.367 e. The fourth-order valence-corrected chi connectivity index (χ4v) is 16.0. The molecule has 7 nitrogen and oxygen atoms in total. The van der Waals surface area contributed by atoms with Gasteiger partial charge < -0.3 is 19.7 Å². The second kappa shape index (κ2) is 13.2. The highest BCUT2D eigenvalue weighted by Gasteiger charge is 2.67. The molecule has 8 heteroatoms. The summed E-state index contributed by atoms with van der Waals surface area (Å²) in [4.78, 5) is 16.1. The van der Waals surface area contributed by atoms with Crippen molar-refractivity contribution in [1.29, 1.82) is 0 Å². The summed E-state index contributed by atoms with van der Waals surface area (Å²) in [5.41, 5.74) is 13.7. The molecule has 4 aromatic rings. The molecule has 0 radical (unpaired) electrons. The van der Waals surface area contributed by atoms with Gasteiger partial charge in [0.25, 0.3) is 0 Å². The Morgan fingerprint density at radius 1 is 0.783 bits per heavy atom. The summed E-state index contributed by atoms with van der Waals surface area (Å²) in [6, 6.07) is 26.7. The minimum absolute atomic E-state index is 0.238. The van der Waals surface area contributed by atoms with Crippen molar-refractivity contribution in [2.45, 2.75) is 124 Å². The molecule has 5 fully saturated rings. The van der Waals surface area contributed by atoms with E-state index in [2.05, 4.69) is 104 Å². The molecule has 0 spiro atoms. The van der Waals surface area contributed by atoms with E-state index >= 15 is 0 Å². The van der Waals surface area contributed by atoms with E-state index < -0.39 is 0 Å². The molecule has 60 heavy (non-hydrogen) atoms. The zero-order valence-corrected chi connectivity index (χ0v) is 34.7. The van der Waals surface area contributed by atoms with Crippen LogP contribution in [0.25, 0.3) is 11.0 Å². The number of benzene rings is 2. The molecule has 2 N–H and O–H groups in total. The van der Waals surface area contributed by atoms with Crippen LogP contribution >= 0.6 is 0 Å². The van der Waals surface area contributed by atoms with Crippen molar-refractivity contribution in [3.05, 3.63) is 143 Å². The third kappa shape index (κ3) is 4.65. The summed E-state index contributed by atoms with van der Waals surface area (Å²) in [6.45, 7) is 7.56. The van der Waals surface area contributed by atoms with Gasteiger partial charge in [-0.05, 0) is 123 Å². The van der Waals surface area contributed by atoms with Gasteiger partial charge in [-0.25, -0.2) is 9.97 Å². The average molecular weight is 790 g/mol. The summed E-state index contributed by atoms with van der Waals surface area (Å²) < 4.78 is 2.95. The molecule has 14 rings (SSSR count). The lowest BCUT2D eigenvalue weighted by Gasteiger charge is -2.62. The normalized spacial score (nSPS) is 36.6. The lowest BCUT2D eigenvalue weighted by Crippen LogP contribution is -2.67. The van der Waals surface area contributed by atoms with Gasteiger partial charge in [0, 0.05) is 76.5 Å². The lowest BCUT2D eigenvalue weighted by atomic mass is 9.22. The Bertz CT molecular complexity index is 2490. The van der Waals surface area contributed by atoms with E-state index in [9.17, 15) is 0 Å². The van der Waals surface area contributed by atoms with Crippen LogP contribution in [0.4, 0.5) is 11.5 Å². The fraction of sp³-hybridized carbons (Fsp3) is 0.462. The first-order valence-corrected chi connectivity index (χ1v) is 23.8. The van der Waals surface area contributed by atoms with Gasteiger partial charge >= 0.3 is 0 Å². The number of aromatic nitrogens is 3. The molecule has 8 heterocycles. The Morgan fingerprint density at radius 2 is 1.58 bits per heavy atom. The van der Waals surface area contributed by atoms with Crippen LogP contribution in [0.2, 0.25) is 11.6 Å². The minimum atomic E-state index is 0.238. The quantitative estimate of drug-likeness (QED) is 0.202. The van der Waals surface area contributed by atoms with Gasteiger partial charge in [0.1, 0.15) is 11.6 Å². The number of fused-ring (bicyclic) bond motifs is 13. The first-order chi connectivity index (χ1) is 29.7. The number of nitrogens with zero attached hydrogens (tertiary/aromatic N) is 5. The van der Waals surface area contributed by atoms with E-state index in [4.69, 9.17) is 16.5 Å². The SMILES string of the molecule is C=C1C=CC=C2B3C4CCNC5C6=C(C(c7ccccc7)CC7CCCCC67)N(C6CC(c7ncccn7)CC(C36)n3c2c1c1c3N(c2ccccc2)C2NCCCC12)C45. The maximum absolute atomic E-state index is 5.09. The summed E-state index contributed by atoms with van der Waals surface area (Å²) in [5, 5.41) is 8.39. The van der Waals surface area contributed by atoms with Crippen LogP contribution in [-0.4, -0.2) is 63.5 Å². The number of para-hydroxylation sites is 1. The second-order valence-corrected chi connectivity index (χ2v) is 20.2. The van der Waals surface area contributed by atoms with Crippen molar-refractivity contribution in [1.82, 2.24) is 30.1 Å². The third-order valence-corrected chi connectivity index (χ3v) is 17.8. The summed E-state index contributed by atoms with van der Waals surface area (Å²) in [5.74, 6) is 6.16. The van der Waals surface area contributed by atoms with Crippen LogP contribution in [0.1, 0.15) is 116 Å². The number of anilines is 2. The third-order valence-electron chi connectivity index (χ3n) is 17.8. The molecule has 0 bridgehead atoms. The molecular weight excluding hydrogens is 733 g/mol. The summed E-state index contributed by atoms with van der Waals surface area (Å²) in [6.07, 6.45) is 24.2. The first kappa shape index (κ1) is 35.0. The predicted octanol–water partition coefficient (Wildman–Crippen LogP) is 9.77. The average Bonchev–Trinajstić information content (AvgIpc) is 3.92. The molecular formula is C52H56BN7. The molecule has 12 atom stereocenters. The highest BCUT2D eigenvalue weighted by Crippen LogP contribution is 2.69. The summed E-state index contributed by atoms with van der Waals surface area (Å²) in [7, 11) is 0. The Morgan fingerprint density at radius 3 is 2.45 bits per heavy atom. The van der Waals surface area contributed by atoms with Crippen LogP contribution in [0.3, 0.4) is 0 Å². The van der Waals surface area contributed by atoms with Crippen molar-refractivity contribution in [2.24, 2.45) is 11.8 Å². The zero-order valence-electron chi connectivity index (χ0n) is 34.7. The van der Waals surface area contributed by atoms with E-state index in [1.54, 1.807) is 16.7 Å². The molecule has 3 saturated heterocycles. The van der Waals surface area contributed by atoms with Crippen LogP contribution in [0, 0.1) is 11.8 Å². The number of allylic oxidation sites excluding steroid dienone is 5. The second-order valence-electron chi connectivity index (χ2n) is 20.2. The fourth-order valence-electron chi connectivity index (χ4n) is 16.0. The Balaban J connectivity index is 1.03. The molecule has 2 saturated carbocycles. The zero-order chi connectivity index (χ0) is 39.2. The maximum Gasteiger partial charge on any atom is 0.191 e. The van der Waals surface area contributed by atoms with Crippen LogP contribution < -0.4 is 15.5 Å². The molecule has 2 aromatic carbocycles. The van der Waals surface area contributed by atoms with Gasteiger partial charge in [-0.2, -0.15) is 0 Å². The van der Waals surface area contributed by atoms with Crippen LogP contribution in [-0.2, 0) is 0 Å². The molecule has 6 aliphatic heterocycles. The van der Waals surface area contributed by atoms with Crippen molar-refractivity contribution < 1.29 is 0 Å². The Kier molecular flexibility index (Phi) is 7.68. The highest BCUT2D eigenvalue weighted by molar-refractivity contribution is 6.82. The van der Waals surface area contributed by atoms with Crippen molar-refractivity contribution in [2.75, 3.05) is 18.0 Å². The topological polar surface area (TPSA) is 61.2 Å². The van der Waals surface area contributed by atoms with Crippen molar-refractivity contribution in [3.63, 3.8) is 0 Å². The van der Waals surface area contributed by atoms with Gasteiger partial charge in [-0.1, -0.05) is 91.7 Å². The van der Waals surface area contributed by atoms with Crippen LogP contribution in [0.15, 0.2) is 115 Å². The van der Waals surface area contributed by atoms with E-state index in [0.29, 0.717) is 60.3 Å². The number of hydrogen-bond acceptors (Lipinski definition) is 6. The minimum Gasteiger partial charge on any atom is -0.367 e. The Hall–Kier alpha value is -4.66. The van der Waals surface area contributed by atoms with Crippen molar-refractivity contribution in [3.8, 4) is 0 Å². The number of nitrogens with one attached hydrogen (secondary N) is 2. The molecule has 2 aromatic heterocycles. The van der Waals surface area contributed by atoms with E-state index in [-0.39, 0.29) is 12.1 Å². The standard InChI is InChI=1S/C52H56BN7/c1-30-13-10-21-38-48-42(30)43-36-20-11-23-57-51(36)58(34-17-6-3-7-18-34)52(43)60(48)41-29-33(50-55-24-12-25-56-50)28-40-45(41)53(38)39-22-26-54-46-44-35-19-9-8-16-32(35)27-37(31-14-4-2-5-15-31)47(44)59(40)49(39)46/h2-7,10,12-15,17-18,21,24-25,32-33,35-37,39-41,45-46,49,51,54,57H,1,8-9,11,16,19-20,22-23,26-29H2. The maximum atomic E-state index is 5.09. The highest BCUT2D eigenvalue weighted by atomic mass is 15.4. The van der Waals surface area contributed by atoms with Crippen LogP contribution in [0.5, 0.6) is 0 Å². The predicted molar refractivity (Wildman–Crippen MR) is 241 cm³/mol. The summed E-state index contributed by atoms with van der Waals surface area (Å²) >= 11 is 0. The van der Waals surface area contributed by atoms with Gasteiger partial charge in [-0.3, -0.25) is 5.32 Å². The molecule has 0 amide bonds. The number of rotatable bonds is 3.